The van der Waals surface area contributed by atoms with E-state index in [4.69, 9.17) is 16.7 Å². The van der Waals surface area contributed by atoms with Crippen molar-refractivity contribution < 1.29 is 31.8 Å². The molecule has 0 amide bonds. The van der Waals surface area contributed by atoms with Crippen LogP contribution in [0.2, 0.25) is 5.02 Å². The molecule has 1 aromatic rings. The van der Waals surface area contributed by atoms with Gasteiger partial charge in [0, 0.05) is 6.54 Å². The summed E-state index contributed by atoms with van der Waals surface area (Å²) in [6.45, 7) is -2.09. The minimum absolute atomic E-state index is 0.390. The van der Waals surface area contributed by atoms with Gasteiger partial charge < -0.3 is 4.84 Å². The van der Waals surface area contributed by atoms with Gasteiger partial charge in [-0.2, -0.15) is 4.31 Å². The van der Waals surface area contributed by atoms with Gasteiger partial charge in [0.1, 0.15) is 22.1 Å². The lowest BCUT2D eigenvalue weighted by Gasteiger charge is -2.31. The fraction of sp³-hybridized carbons (Fsp3) is 0.333. The predicted molar refractivity (Wildman–Crippen MR) is 84.0 cm³/mol. The van der Waals surface area contributed by atoms with Crippen LogP contribution in [-0.2, 0) is 24.9 Å². The fourth-order valence-corrected chi connectivity index (χ4v) is 4.86. The Kier molecular flexibility index (Phi) is 5.24. The number of halogens is 1. The highest BCUT2D eigenvalue weighted by Gasteiger charge is 2.41. The number of sulfonamides is 2. The van der Waals surface area contributed by atoms with Gasteiger partial charge in [-0.25, -0.2) is 32.1 Å². The zero-order valence-electron chi connectivity index (χ0n) is 12.5. The lowest BCUT2D eigenvalue weighted by molar-refractivity contribution is -0.757. The van der Waals surface area contributed by atoms with E-state index in [9.17, 15) is 37.1 Å². The van der Waals surface area contributed by atoms with E-state index in [1.54, 1.807) is 0 Å². The molecule has 14 nitrogen and oxygen atoms in total. The normalized spacial score (nSPS) is 16.8. The molecule has 0 saturated heterocycles. The lowest BCUT2D eigenvalue weighted by Crippen LogP contribution is -2.50. The first kappa shape index (κ1) is 20.0. The number of hydrogen-bond donors (Lipinski definition) is 1. The van der Waals surface area contributed by atoms with Crippen LogP contribution in [0, 0.1) is 20.2 Å². The number of benzene rings is 1. The Morgan fingerprint density at radius 3 is 2.42 bits per heavy atom. The third-order valence-electron chi connectivity index (χ3n) is 3.24. The Balaban J connectivity index is 2.60. The van der Waals surface area contributed by atoms with Gasteiger partial charge in [0.2, 0.25) is 20.0 Å². The Labute approximate surface area is 151 Å². The average Bonchev–Trinajstić information content (AvgIpc) is 2.47. The molecular weight excluding hydrogens is 422 g/mol. The zero-order chi connectivity index (χ0) is 19.9. The summed E-state index contributed by atoms with van der Waals surface area (Å²) in [6, 6.07) is 1.39. The molecule has 26 heavy (non-hydrogen) atoms. The van der Waals surface area contributed by atoms with E-state index >= 15 is 0 Å². The molecule has 0 fully saturated rings. The molecule has 2 N–H and O–H groups in total. The largest absolute Gasteiger partial charge is 0.313 e. The van der Waals surface area contributed by atoms with E-state index in [1.165, 1.54) is 0 Å². The molecule has 0 saturated carbocycles. The van der Waals surface area contributed by atoms with Crippen LogP contribution in [0.3, 0.4) is 0 Å². The highest BCUT2D eigenvalue weighted by atomic mass is 35.5. The number of fused-ring (bicyclic) bond motifs is 1. The Morgan fingerprint density at radius 2 is 1.92 bits per heavy atom. The van der Waals surface area contributed by atoms with Crippen molar-refractivity contribution in [3.63, 3.8) is 0 Å². The van der Waals surface area contributed by atoms with E-state index < -0.39 is 70.5 Å². The molecule has 1 aliphatic rings. The highest BCUT2D eigenvalue weighted by Crippen LogP contribution is 2.38. The summed E-state index contributed by atoms with van der Waals surface area (Å²) in [5.74, 6) is 0. The second-order valence-corrected chi connectivity index (χ2v) is 8.65. The predicted octanol–water partition coefficient (Wildman–Crippen LogP) is -0.844. The molecule has 2 rings (SSSR count). The summed E-state index contributed by atoms with van der Waals surface area (Å²) in [5, 5.41) is 24.1. The molecule has 0 aromatic heterocycles. The Morgan fingerprint density at radius 1 is 1.31 bits per heavy atom. The zero-order valence-corrected chi connectivity index (χ0v) is 14.9. The maximum atomic E-state index is 12.6. The van der Waals surface area contributed by atoms with Gasteiger partial charge >= 0.3 is 0 Å². The van der Waals surface area contributed by atoms with Crippen molar-refractivity contribution in [2.45, 2.75) is 9.79 Å². The summed E-state index contributed by atoms with van der Waals surface area (Å²) in [6.07, 6.45) is 0. The molecule has 0 bridgehead atoms. The highest BCUT2D eigenvalue weighted by molar-refractivity contribution is 7.90. The quantitative estimate of drug-likeness (QED) is 0.437. The van der Waals surface area contributed by atoms with Crippen LogP contribution >= 0.6 is 11.6 Å². The van der Waals surface area contributed by atoms with Gasteiger partial charge in [0.05, 0.1) is 5.02 Å². The van der Waals surface area contributed by atoms with Gasteiger partial charge in [-0.1, -0.05) is 16.6 Å². The lowest BCUT2D eigenvalue weighted by atomic mass is 10.3. The van der Waals surface area contributed by atoms with Crippen molar-refractivity contribution in [2.75, 3.05) is 24.8 Å². The Hall–Kier alpha value is -2.27. The number of anilines is 1. The summed E-state index contributed by atoms with van der Waals surface area (Å²) in [4.78, 5) is 23.9. The van der Waals surface area contributed by atoms with Crippen molar-refractivity contribution in [3.8, 4) is 0 Å². The molecule has 1 heterocycles. The summed E-state index contributed by atoms with van der Waals surface area (Å²) in [7, 11) is -8.86. The Bertz CT molecular complexity index is 980. The smallest absolute Gasteiger partial charge is 0.294 e. The van der Waals surface area contributed by atoms with Gasteiger partial charge in [-0.15, -0.1) is 10.1 Å². The molecule has 0 spiro atoms. The maximum Gasteiger partial charge on any atom is 0.294 e. The average molecular weight is 432 g/mol. The monoisotopic (exact) mass is 431 g/mol. The molecule has 1 aromatic carbocycles. The fourth-order valence-electron chi connectivity index (χ4n) is 2.14. The van der Waals surface area contributed by atoms with Crippen LogP contribution < -0.4 is 10.1 Å². The standard InChI is InChI=1S/C9H10ClN5O9S2/c10-6-3-7-9(4-8(6)25(11,20)21)26(22,23)12(1-2-24-15(18)19)5-13(7)14(16)17/h3-4H,1-2,5H2,(H2,11,20,21). The third-order valence-corrected chi connectivity index (χ3v) is 6.48. The van der Waals surface area contributed by atoms with Crippen LogP contribution in [0.5, 0.6) is 0 Å². The molecule has 0 aliphatic carbocycles. The molecule has 144 valence electrons. The SMILES string of the molecule is NS(=O)(=O)c1cc2c(cc1Cl)N([N+](=O)[O-])CN(CCO[N+](=O)[O-])S2(=O)=O. The number of nitro groups is 1. The number of nitrogens with two attached hydrogens (primary N) is 1. The van der Waals surface area contributed by atoms with Crippen LogP contribution in [0.4, 0.5) is 5.69 Å². The first-order valence-electron chi connectivity index (χ1n) is 6.41. The van der Waals surface area contributed by atoms with E-state index in [1.807, 2.05) is 0 Å². The van der Waals surface area contributed by atoms with E-state index in [0.29, 0.717) is 15.4 Å². The van der Waals surface area contributed by atoms with Crippen LogP contribution in [-0.4, -0.2) is 51.1 Å². The third kappa shape index (κ3) is 3.78. The first-order valence-corrected chi connectivity index (χ1v) is 9.78. The van der Waals surface area contributed by atoms with Gasteiger partial charge in [0.25, 0.3) is 5.09 Å². The molecule has 0 atom stereocenters. The van der Waals surface area contributed by atoms with Gasteiger partial charge in [-0.05, 0) is 12.1 Å². The summed E-state index contributed by atoms with van der Waals surface area (Å²) >= 11 is 5.75. The minimum atomic E-state index is -4.44. The van der Waals surface area contributed by atoms with Crippen molar-refractivity contribution in [2.24, 2.45) is 5.14 Å². The van der Waals surface area contributed by atoms with E-state index in [-0.39, 0.29) is 0 Å². The van der Waals surface area contributed by atoms with E-state index in [2.05, 4.69) is 4.84 Å². The number of hydrogen-bond acceptors (Lipinski definition) is 9. The van der Waals surface area contributed by atoms with Crippen molar-refractivity contribution >= 4 is 37.3 Å². The molecular formula is C9H10ClN5O9S2. The molecule has 1 aliphatic heterocycles. The van der Waals surface area contributed by atoms with Crippen molar-refractivity contribution in [1.29, 1.82) is 0 Å². The van der Waals surface area contributed by atoms with Crippen LogP contribution in [0.15, 0.2) is 21.9 Å². The number of hydrazine groups is 1. The van der Waals surface area contributed by atoms with Crippen LogP contribution in [0.25, 0.3) is 0 Å². The second-order valence-electron chi connectivity index (χ2n) is 4.81. The molecule has 0 unspecified atom stereocenters. The first-order chi connectivity index (χ1) is 11.9. The topological polar surface area (TPSA) is 196 Å². The number of primary sulfonamides is 1. The minimum Gasteiger partial charge on any atom is -0.313 e. The number of nitrogens with zero attached hydrogens (tertiary/aromatic N) is 4. The van der Waals surface area contributed by atoms with E-state index in [0.717, 1.165) is 6.07 Å². The second kappa shape index (κ2) is 6.80. The summed E-state index contributed by atoms with van der Waals surface area (Å²) < 4.78 is 48.8. The molecule has 0 radical (unpaired) electrons. The summed E-state index contributed by atoms with van der Waals surface area (Å²) in [5.41, 5.74) is -0.473. The maximum absolute atomic E-state index is 12.6. The molecule has 17 heteroatoms. The van der Waals surface area contributed by atoms with Crippen molar-refractivity contribution in [1.82, 2.24) is 4.31 Å². The van der Waals surface area contributed by atoms with Gasteiger partial charge in [0.15, 0.2) is 11.7 Å². The number of rotatable bonds is 6. The van der Waals surface area contributed by atoms with Gasteiger partial charge in [-0.3, -0.25) is 0 Å². The van der Waals surface area contributed by atoms with Crippen molar-refractivity contribution in [3.05, 3.63) is 37.4 Å². The van der Waals surface area contributed by atoms with Crippen LogP contribution in [0.1, 0.15) is 0 Å².